The van der Waals surface area contributed by atoms with Crippen LogP contribution in [0.15, 0.2) is 24.3 Å². The fraction of sp³-hybridized carbons (Fsp3) is 0.438. The van der Waals surface area contributed by atoms with E-state index in [2.05, 4.69) is 6.92 Å². The Morgan fingerprint density at radius 3 is 2.67 bits per heavy atom. The highest BCUT2D eigenvalue weighted by atomic mass is 16.5. The van der Waals surface area contributed by atoms with Crippen LogP contribution in [-0.2, 0) is 4.79 Å². The van der Waals surface area contributed by atoms with Crippen LogP contribution in [0.3, 0.4) is 0 Å². The summed E-state index contributed by atoms with van der Waals surface area (Å²) in [6, 6.07) is 5.53. The fourth-order valence-corrected chi connectivity index (χ4v) is 1.78. The topological polar surface area (TPSA) is 67.8 Å². The standard InChI is InChI=1S/C16H23NO4/c1-4-6-9-21-14-8-7-13(11-15(14)20-5-2)12(3)10-16(18)17-19/h7-8,10-11,19H,4-6,9H2,1-3H3,(H,17,18). The van der Waals surface area contributed by atoms with Crippen LogP contribution in [0.2, 0.25) is 0 Å². The van der Waals surface area contributed by atoms with Crippen molar-refractivity contribution >= 4 is 11.5 Å². The molecule has 1 amide bonds. The summed E-state index contributed by atoms with van der Waals surface area (Å²) in [7, 11) is 0. The first-order chi connectivity index (χ1) is 10.1. The second-order valence-corrected chi connectivity index (χ2v) is 4.60. The van der Waals surface area contributed by atoms with Crippen molar-refractivity contribution in [1.82, 2.24) is 5.48 Å². The van der Waals surface area contributed by atoms with Gasteiger partial charge in [-0.15, -0.1) is 0 Å². The van der Waals surface area contributed by atoms with Gasteiger partial charge >= 0.3 is 0 Å². The van der Waals surface area contributed by atoms with Crippen LogP contribution >= 0.6 is 0 Å². The first-order valence-electron chi connectivity index (χ1n) is 7.14. The maximum absolute atomic E-state index is 11.2. The van der Waals surface area contributed by atoms with Crippen molar-refractivity contribution in [1.29, 1.82) is 0 Å². The number of allylic oxidation sites excluding steroid dienone is 1. The lowest BCUT2D eigenvalue weighted by Gasteiger charge is -2.13. The van der Waals surface area contributed by atoms with Gasteiger partial charge in [0.1, 0.15) is 0 Å². The van der Waals surface area contributed by atoms with Crippen molar-refractivity contribution < 1.29 is 19.5 Å². The number of hydrogen-bond acceptors (Lipinski definition) is 4. The van der Waals surface area contributed by atoms with Crippen LogP contribution in [-0.4, -0.2) is 24.3 Å². The number of unbranched alkanes of at least 4 members (excludes halogenated alkanes) is 1. The van der Waals surface area contributed by atoms with Gasteiger partial charge in [0, 0.05) is 6.08 Å². The molecule has 116 valence electrons. The second-order valence-electron chi connectivity index (χ2n) is 4.60. The monoisotopic (exact) mass is 293 g/mol. The molecule has 1 rings (SSSR count). The zero-order chi connectivity index (χ0) is 15.7. The highest BCUT2D eigenvalue weighted by Gasteiger charge is 2.08. The van der Waals surface area contributed by atoms with E-state index in [1.165, 1.54) is 6.08 Å². The highest BCUT2D eigenvalue weighted by Crippen LogP contribution is 2.31. The van der Waals surface area contributed by atoms with Crippen LogP contribution in [0.5, 0.6) is 11.5 Å². The van der Waals surface area contributed by atoms with Gasteiger partial charge in [0.15, 0.2) is 11.5 Å². The Labute approximate surface area is 125 Å². The molecule has 21 heavy (non-hydrogen) atoms. The third-order valence-corrected chi connectivity index (χ3v) is 2.91. The molecule has 1 aromatic carbocycles. The SMILES string of the molecule is CCCCOc1ccc(C(C)=CC(=O)NO)cc1OCC. The Balaban J connectivity index is 2.96. The molecule has 0 aliphatic rings. The summed E-state index contributed by atoms with van der Waals surface area (Å²) in [6.07, 6.45) is 3.38. The number of benzene rings is 1. The van der Waals surface area contributed by atoms with Crippen LogP contribution < -0.4 is 15.0 Å². The average molecular weight is 293 g/mol. The largest absolute Gasteiger partial charge is 0.490 e. The van der Waals surface area contributed by atoms with Gasteiger partial charge < -0.3 is 9.47 Å². The molecule has 0 heterocycles. The summed E-state index contributed by atoms with van der Waals surface area (Å²) >= 11 is 0. The minimum atomic E-state index is -0.561. The number of carbonyl (C=O) groups is 1. The number of carbonyl (C=O) groups excluding carboxylic acids is 1. The highest BCUT2D eigenvalue weighted by molar-refractivity contribution is 5.94. The number of rotatable bonds is 8. The lowest BCUT2D eigenvalue weighted by atomic mass is 10.1. The number of ether oxygens (including phenoxy) is 2. The van der Waals surface area contributed by atoms with Crippen LogP contribution in [0.25, 0.3) is 5.57 Å². The maximum Gasteiger partial charge on any atom is 0.267 e. The predicted octanol–water partition coefficient (Wildman–Crippen LogP) is 3.17. The van der Waals surface area contributed by atoms with Crippen LogP contribution in [0, 0.1) is 0 Å². The van der Waals surface area contributed by atoms with Gasteiger partial charge in [0.2, 0.25) is 0 Å². The quantitative estimate of drug-likeness (QED) is 0.334. The lowest BCUT2D eigenvalue weighted by molar-refractivity contribution is -0.124. The van der Waals surface area contributed by atoms with Gasteiger partial charge in [-0.3, -0.25) is 10.0 Å². The molecule has 0 aliphatic carbocycles. The first-order valence-corrected chi connectivity index (χ1v) is 7.14. The Kier molecular flexibility index (Phi) is 7.32. The van der Waals surface area contributed by atoms with Gasteiger partial charge in [-0.1, -0.05) is 19.4 Å². The van der Waals surface area contributed by atoms with E-state index in [1.54, 1.807) is 12.4 Å². The van der Waals surface area contributed by atoms with Crippen molar-refractivity contribution in [2.24, 2.45) is 0 Å². The smallest absolute Gasteiger partial charge is 0.267 e. The summed E-state index contributed by atoms with van der Waals surface area (Å²) in [6.45, 7) is 6.99. The predicted molar refractivity (Wildman–Crippen MR) is 81.6 cm³/mol. The fourth-order valence-electron chi connectivity index (χ4n) is 1.78. The second kappa shape index (κ2) is 9.02. The number of nitrogens with one attached hydrogen (secondary N) is 1. The first kappa shape index (κ1) is 17.0. The van der Waals surface area contributed by atoms with Crippen molar-refractivity contribution in [3.05, 3.63) is 29.8 Å². The van der Waals surface area contributed by atoms with E-state index in [0.717, 1.165) is 24.0 Å². The number of hydroxylamine groups is 1. The summed E-state index contributed by atoms with van der Waals surface area (Å²) in [5.74, 6) is 0.797. The van der Waals surface area contributed by atoms with Crippen molar-refractivity contribution in [3.8, 4) is 11.5 Å². The van der Waals surface area contributed by atoms with E-state index in [4.69, 9.17) is 14.7 Å². The molecule has 2 N–H and O–H groups in total. The molecule has 0 aromatic heterocycles. The van der Waals surface area contributed by atoms with Crippen molar-refractivity contribution in [3.63, 3.8) is 0 Å². The van der Waals surface area contributed by atoms with E-state index in [-0.39, 0.29) is 0 Å². The third-order valence-electron chi connectivity index (χ3n) is 2.91. The summed E-state index contributed by atoms with van der Waals surface area (Å²) in [5, 5.41) is 8.55. The summed E-state index contributed by atoms with van der Waals surface area (Å²) < 4.78 is 11.3. The van der Waals surface area contributed by atoms with Crippen LogP contribution in [0.4, 0.5) is 0 Å². The van der Waals surface area contributed by atoms with Gasteiger partial charge in [-0.2, -0.15) is 0 Å². The normalized spacial score (nSPS) is 11.1. The zero-order valence-electron chi connectivity index (χ0n) is 12.8. The van der Waals surface area contributed by atoms with E-state index in [1.807, 2.05) is 25.1 Å². The molecular formula is C16H23NO4. The minimum Gasteiger partial charge on any atom is -0.490 e. The van der Waals surface area contributed by atoms with Crippen molar-refractivity contribution in [2.45, 2.75) is 33.6 Å². The molecule has 0 spiro atoms. The Hall–Kier alpha value is -2.01. The van der Waals surface area contributed by atoms with E-state index < -0.39 is 5.91 Å². The molecule has 0 bridgehead atoms. The average Bonchev–Trinajstić information content (AvgIpc) is 2.48. The molecule has 0 atom stereocenters. The van der Waals surface area contributed by atoms with Gasteiger partial charge in [-0.05, 0) is 43.5 Å². The molecule has 1 aromatic rings. The van der Waals surface area contributed by atoms with Crippen molar-refractivity contribution in [2.75, 3.05) is 13.2 Å². The van der Waals surface area contributed by atoms with E-state index >= 15 is 0 Å². The Morgan fingerprint density at radius 1 is 1.29 bits per heavy atom. The third kappa shape index (κ3) is 5.47. The Morgan fingerprint density at radius 2 is 2.05 bits per heavy atom. The molecule has 5 heteroatoms. The summed E-state index contributed by atoms with van der Waals surface area (Å²) in [4.78, 5) is 11.2. The number of hydrogen-bond donors (Lipinski definition) is 2. The minimum absolute atomic E-state index is 0.535. The van der Waals surface area contributed by atoms with Gasteiger partial charge in [0.25, 0.3) is 5.91 Å². The molecule has 0 aliphatic heterocycles. The molecule has 0 fully saturated rings. The Bertz CT molecular complexity index is 497. The van der Waals surface area contributed by atoms with Gasteiger partial charge in [-0.25, -0.2) is 5.48 Å². The summed E-state index contributed by atoms with van der Waals surface area (Å²) in [5.41, 5.74) is 3.14. The molecule has 0 radical (unpaired) electrons. The van der Waals surface area contributed by atoms with E-state index in [9.17, 15) is 4.79 Å². The maximum atomic E-state index is 11.2. The molecule has 0 saturated heterocycles. The molecule has 0 saturated carbocycles. The lowest BCUT2D eigenvalue weighted by Crippen LogP contribution is -2.15. The zero-order valence-corrected chi connectivity index (χ0v) is 12.8. The molecule has 0 unspecified atom stereocenters. The van der Waals surface area contributed by atoms with E-state index in [0.29, 0.717) is 24.7 Å². The number of amides is 1. The molecular weight excluding hydrogens is 270 g/mol. The van der Waals surface area contributed by atoms with Crippen LogP contribution in [0.1, 0.15) is 39.2 Å². The van der Waals surface area contributed by atoms with Gasteiger partial charge in [0.05, 0.1) is 13.2 Å². The molecule has 5 nitrogen and oxygen atoms in total.